The van der Waals surface area contributed by atoms with Crippen molar-refractivity contribution in [1.29, 1.82) is 0 Å². The van der Waals surface area contributed by atoms with Crippen LogP contribution in [0.2, 0.25) is 0 Å². The van der Waals surface area contributed by atoms with Gasteiger partial charge in [0, 0.05) is 30.4 Å². The Bertz CT molecular complexity index is 554. The van der Waals surface area contributed by atoms with E-state index in [0.717, 1.165) is 11.3 Å². The summed E-state index contributed by atoms with van der Waals surface area (Å²) in [4.78, 5) is 18.6. The van der Waals surface area contributed by atoms with Crippen molar-refractivity contribution in [3.63, 3.8) is 0 Å². The van der Waals surface area contributed by atoms with Crippen LogP contribution in [-0.4, -0.2) is 21.9 Å². The lowest BCUT2D eigenvalue weighted by Crippen LogP contribution is -2.07. The van der Waals surface area contributed by atoms with Gasteiger partial charge in [0.2, 0.25) is 0 Å². The lowest BCUT2D eigenvalue weighted by molar-refractivity contribution is -0.384. The van der Waals surface area contributed by atoms with E-state index in [0.29, 0.717) is 12.4 Å². The van der Waals surface area contributed by atoms with Gasteiger partial charge in [-0.25, -0.2) is 9.97 Å². The van der Waals surface area contributed by atoms with E-state index in [-0.39, 0.29) is 5.69 Å². The van der Waals surface area contributed by atoms with Gasteiger partial charge in [0.25, 0.3) is 5.69 Å². The van der Waals surface area contributed by atoms with Crippen molar-refractivity contribution in [3.05, 3.63) is 52.3 Å². The Morgan fingerprint density at radius 3 is 2.61 bits per heavy atom. The Morgan fingerprint density at radius 2 is 2.00 bits per heavy atom. The zero-order valence-corrected chi connectivity index (χ0v) is 9.83. The summed E-state index contributed by atoms with van der Waals surface area (Å²) in [5.74, 6) is 0.567. The van der Waals surface area contributed by atoms with Gasteiger partial charge < -0.3 is 5.32 Å². The monoisotopic (exact) mass is 244 g/mol. The fourth-order valence-electron chi connectivity index (χ4n) is 1.55. The number of hydrogen-bond acceptors (Lipinski definition) is 5. The second kappa shape index (κ2) is 5.33. The van der Waals surface area contributed by atoms with E-state index in [4.69, 9.17) is 0 Å². The Kier molecular flexibility index (Phi) is 3.59. The number of rotatable bonds is 4. The van der Waals surface area contributed by atoms with Crippen molar-refractivity contribution >= 4 is 5.69 Å². The van der Waals surface area contributed by atoms with Crippen molar-refractivity contribution in [2.24, 2.45) is 0 Å². The van der Waals surface area contributed by atoms with Crippen LogP contribution in [0.25, 0.3) is 11.4 Å². The minimum Gasteiger partial charge on any atom is -0.314 e. The largest absolute Gasteiger partial charge is 0.314 e. The van der Waals surface area contributed by atoms with E-state index in [2.05, 4.69) is 15.3 Å². The topological polar surface area (TPSA) is 81.0 Å². The summed E-state index contributed by atoms with van der Waals surface area (Å²) >= 11 is 0. The fourth-order valence-corrected chi connectivity index (χ4v) is 1.55. The molecule has 0 saturated heterocycles. The van der Waals surface area contributed by atoms with E-state index < -0.39 is 4.92 Å². The van der Waals surface area contributed by atoms with Crippen molar-refractivity contribution in [3.8, 4) is 11.4 Å². The highest BCUT2D eigenvalue weighted by Crippen LogP contribution is 2.19. The quantitative estimate of drug-likeness (QED) is 0.654. The molecular weight excluding hydrogens is 232 g/mol. The smallest absolute Gasteiger partial charge is 0.269 e. The number of nitrogens with zero attached hydrogens (tertiary/aromatic N) is 3. The molecule has 2 aromatic rings. The standard InChI is InChI=1S/C12H12N4O2/c1-13-8-10-6-7-14-12(15-10)9-2-4-11(5-3-9)16(17)18/h2-7,13H,8H2,1H3. The number of hydrogen-bond donors (Lipinski definition) is 1. The molecule has 0 radical (unpaired) electrons. The molecule has 18 heavy (non-hydrogen) atoms. The first-order chi connectivity index (χ1) is 8.70. The molecule has 0 atom stereocenters. The molecule has 0 spiro atoms. The Hall–Kier alpha value is -2.34. The van der Waals surface area contributed by atoms with Gasteiger partial charge in [-0.1, -0.05) is 0 Å². The summed E-state index contributed by atoms with van der Waals surface area (Å²) in [7, 11) is 1.84. The molecule has 0 aliphatic rings. The van der Waals surface area contributed by atoms with Gasteiger partial charge in [0.15, 0.2) is 5.82 Å². The average molecular weight is 244 g/mol. The van der Waals surface area contributed by atoms with Crippen LogP contribution >= 0.6 is 0 Å². The molecule has 0 amide bonds. The third-order valence-electron chi connectivity index (χ3n) is 2.41. The van der Waals surface area contributed by atoms with Crippen LogP contribution < -0.4 is 5.32 Å². The molecule has 1 heterocycles. The van der Waals surface area contributed by atoms with Crippen molar-refractivity contribution in [1.82, 2.24) is 15.3 Å². The number of nitro groups is 1. The molecule has 0 bridgehead atoms. The summed E-state index contributed by atoms with van der Waals surface area (Å²) in [6, 6.07) is 8.02. The van der Waals surface area contributed by atoms with Gasteiger partial charge in [-0.3, -0.25) is 10.1 Å². The average Bonchev–Trinajstić information content (AvgIpc) is 2.39. The SMILES string of the molecule is CNCc1ccnc(-c2ccc([N+](=O)[O-])cc2)n1. The van der Waals surface area contributed by atoms with Crippen molar-refractivity contribution in [2.45, 2.75) is 6.54 Å². The van der Waals surface area contributed by atoms with Crippen LogP contribution in [0.1, 0.15) is 5.69 Å². The van der Waals surface area contributed by atoms with Crippen LogP contribution in [-0.2, 0) is 6.54 Å². The van der Waals surface area contributed by atoms with Crippen LogP contribution in [0.15, 0.2) is 36.5 Å². The highest BCUT2D eigenvalue weighted by Gasteiger charge is 2.07. The molecule has 0 aliphatic carbocycles. The predicted octanol–water partition coefficient (Wildman–Crippen LogP) is 1.77. The van der Waals surface area contributed by atoms with Gasteiger partial charge >= 0.3 is 0 Å². The van der Waals surface area contributed by atoms with Crippen LogP contribution in [0, 0.1) is 10.1 Å². The van der Waals surface area contributed by atoms with E-state index in [9.17, 15) is 10.1 Å². The maximum atomic E-state index is 10.6. The van der Waals surface area contributed by atoms with E-state index in [1.54, 1.807) is 18.3 Å². The third kappa shape index (κ3) is 2.67. The number of non-ortho nitro benzene ring substituents is 1. The zero-order chi connectivity index (χ0) is 13.0. The van der Waals surface area contributed by atoms with E-state index in [1.165, 1.54) is 12.1 Å². The molecule has 0 saturated carbocycles. The summed E-state index contributed by atoms with van der Waals surface area (Å²) in [5.41, 5.74) is 1.70. The van der Waals surface area contributed by atoms with Crippen LogP contribution in [0.5, 0.6) is 0 Å². The normalized spacial score (nSPS) is 10.3. The maximum Gasteiger partial charge on any atom is 0.269 e. The van der Waals surface area contributed by atoms with Gasteiger partial charge in [-0.2, -0.15) is 0 Å². The first-order valence-electron chi connectivity index (χ1n) is 5.42. The van der Waals surface area contributed by atoms with Crippen LogP contribution in [0.3, 0.4) is 0 Å². The number of aromatic nitrogens is 2. The number of nitro benzene ring substituents is 1. The van der Waals surface area contributed by atoms with E-state index >= 15 is 0 Å². The molecule has 6 heteroatoms. The first kappa shape index (κ1) is 12.1. The number of benzene rings is 1. The lowest BCUT2D eigenvalue weighted by atomic mass is 10.2. The maximum absolute atomic E-state index is 10.6. The fraction of sp³-hybridized carbons (Fsp3) is 0.167. The predicted molar refractivity (Wildman–Crippen MR) is 66.9 cm³/mol. The number of nitrogens with one attached hydrogen (secondary N) is 1. The summed E-state index contributed by atoms with van der Waals surface area (Å²) in [5, 5.41) is 13.6. The minimum absolute atomic E-state index is 0.0603. The molecule has 0 aliphatic heterocycles. The second-order valence-electron chi connectivity index (χ2n) is 3.71. The molecule has 0 unspecified atom stereocenters. The molecule has 2 rings (SSSR count). The molecule has 6 nitrogen and oxygen atoms in total. The highest BCUT2D eigenvalue weighted by molar-refractivity contribution is 5.57. The first-order valence-corrected chi connectivity index (χ1v) is 5.42. The van der Waals surface area contributed by atoms with Gasteiger partial charge in [0.1, 0.15) is 0 Å². The van der Waals surface area contributed by atoms with Gasteiger partial charge in [-0.15, -0.1) is 0 Å². The summed E-state index contributed by atoms with van der Waals surface area (Å²) in [6.07, 6.45) is 1.68. The van der Waals surface area contributed by atoms with Crippen molar-refractivity contribution < 1.29 is 4.92 Å². The zero-order valence-electron chi connectivity index (χ0n) is 9.83. The Morgan fingerprint density at radius 1 is 1.28 bits per heavy atom. The summed E-state index contributed by atoms with van der Waals surface area (Å²) in [6.45, 7) is 0.655. The third-order valence-corrected chi connectivity index (χ3v) is 2.41. The molecule has 1 aromatic carbocycles. The Labute approximate surface area is 104 Å². The molecule has 1 aromatic heterocycles. The molecule has 0 fully saturated rings. The van der Waals surface area contributed by atoms with Gasteiger partial charge in [0.05, 0.1) is 10.6 Å². The van der Waals surface area contributed by atoms with Crippen LogP contribution in [0.4, 0.5) is 5.69 Å². The second-order valence-corrected chi connectivity index (χ2v) is 3.71. The van der Waals surface area contributed by atoms with E-state index in [1.807, 2.05) is 13.1 Å². The lowest BCUT2D eigenvalue weighted by Gasteiger charge is -2.03. The molecule has 1 N–H and O–H groups in total. The van der Waals surface area contributed by atoms with Gasteiger partial charge in [-0.05, 0) is 25.2 Å². The minimum atomic E-state index is -0.429. The molecule has 92 valence electrons. The van der Waals surface area contributed by atoms with Crippen molar-refractivity contribution in [2.75, 3.05) is 7.05 Å². The Balaban J connectivity index is 2.30. The molecular formula is C12H12N4O2. The highest BCUT2D eigenvalue weighted by atomic mass is 16.6. The summed E-state index contributed by atoms with van der Waals surface area (Å²) < 4.78 is 0.